The molecule has 3 aliphatic rings. The number of nitrogens with one attached hydrogen (secondary N) is 1. The molecule has 186 valence electrons. The van der Waals surface area contributed by atoms with Crippen LogP contribution in [0.4, 0.5) is 0 Å². The van der Waals surface area contributed by atoms with Gasteiger partial charge in [-0.15, -0.1) is 0 Å². The average Bonchev–Trinajstić information content (AvgIpc) is 3.32. The first kappa shape index (κ1) is 23.4. The van der Waals surface area contributed by atoms with Gasteiger partial charge in [-0.2, -0.15) is 0 Å². The zero-order valence-electron chi connectivity index (χ0n) is 21.5. The Balaban J connectivity index is 1.36. The molecule has 3 heterocycles. The first-order valence-corrected chi connectivity index (χ1v) is 13.7. The highest BCUT2D eigenvalue weighted by atomic mass is 16.2. The number of fused-ring (bicyclic) bond motifs is 2. The van der Waals surface area contributed by atoms with Crippen LogP contribution in [0.15, 0.2) is 66.7 Å². The summed E-state index contributed by atoms with van der Waals surface area (Å²) in [7, 11) is 0. The summed E-state index contributed by atoms with van der Waals surface area (Å²) in [5.74, 6) is 0.758. The molecule has 6 rings (SSSR count). The number of carbonyl (C=O) groups is 1. The summed E-state index contributed by atoms with van der Waals surface area (Å²) in [6.07, 6.45) is 5.18. The third-order valence-corrected chi connectivity index (χ3v) is 9.05. The number of pyridine rings is 1. The number of aryl methyl sites for hydroxylation is 3. The van der Waals surface area contributed by atoms with Gasteiger partial charge in [-0.1, -0.05) is 60.7 Å². The number of likely N-dealkylation sites (tertiary alicyclic amines) is 1. The van der Waals surface area contributed by atoms with Gasteiger partial charge in [-0.05, 0) is 80.2 Å². The molecule has 0 bridgehead atoms. The zero-order valence-corrected chi connectivity index (χ0v) is 21.5. The highest BCUT2D eigenvalue weighted by Crippen LogP contribution is 2.48. The maximum Gasteiger partial charge on any atom is 0.228 e. The quantitative estimate of drug-likeness (QED) is 0.529. The molecule has 2 saturated heterocycles. The number of nitrogens with zero attached hydrogens (tertiary/aromatic N) is 2. The van der Waals surface area contributed by atoms with Gasteiger partial charge in [0, 0.05) is 36.4 Å². The number of benzene rings is 2. The molecule has 1 N–H and O–H groups in total. The number of hydrogen-bond donors (Lipinski definition) is 1. The first-order valence-electron chi connectivity index (χ1n) is 13.7. The molecule has 4 heteroatoms. The molecule has 3 aromatic rings. The molecule has 1 aromatic heterocycles. The third kappa shape index (κ3) is 3.96. The van der Waals surface area contributed by atoms with Crippen LogP contribution < -0.4 is 5.32 Å². The fourth-order valence-electron chi connectivity index (χ4n) is 7.53. The van der Waals surface area contributed by atoms with E-state index in [1.807, 2.05) is 0 Å². The molecular formula is C32H37N3O. The van der Waals surface area contributed by atoms with E-state index in [0.29, 0.717) is 11.8 Å². The fourth-order valence-corrected chi connectivity index (χ4v) is 7.53. The van der Waals surface area contributed by atoms with Gasteiger partial charge in [-0.3, -0.25) is 9.78 Å². The van der Waals surface area contributed by atoms with Crippen molar-refractivity contribution in [2.75, 3.05) is 19.6 Å². The number of piperidine rings is 1. The van der Waals surface area contributed by atoms with E-state index in [4.69, 9.17) is 4.98 Å². The van der Waals surface area contributed by atoms with E-state index in [0.717, 1.165) is 57.4 Å². The van der Waals surface area contributed by atoms with Crippen LogP contribution in [0.5, 0.6) is 0 Å². The predicted molar refractivity (Wildman–Crippen MR) is 144 cm³/mol. The Morgan fingerprint density at radius 3 is 2.50 bits per heavy atom. The summed E-state index contributed by atoms with van der Waals surface area (Å²) in [5, 5.41) is 3.65. The molecule has 36 heavy (non-hydrogen) atoms. The third-order valence-electron chi connectivity index (χ3n) is 9.05. The lowest BCUT2D eigenvalue weighted by molar-refractivity contribution is -0.141. The lowest BCUT2D eigenvalue weighted by atomic mass is 9.63. The van der Waals surface area contributed by atoms with E-state index in [-0.39, 0.29) is 17.4 Å². The maximum atomic E-state index is 14.6. The van der Waals surface area contributed by atoms with Crippen LogP contribution in [0.1, 0.15) is 71.3 Å². The Labute approximate surface area is 215 Å². The molecule has 2 aliphatic heterocycles. The SMILES string of the molecule is Cc1cc(C)c2c(n1)CCC[C@]21CNC[C@H]1C(=O)N1CC[C@@H](c2ccccc2)C[C@H]1c1ccccc1. The maximum absolute atomic E-state index is 14.6. The van der Waals surface area contributed by atoms with Crippen LogP contribution in [0.2, 0.25) is 0 Å². The van der Waals surface area contributed by atoms with E-state index in [2.05, 4.69) is 90.8 Å². The topological polar surface area (TPSA) is 45.2 Å². The van der Waals surface area contributed by atoms with Gasteiger partial charge in [0.1, 0.15) is 0 Å². The van der Waals surface area contributed by atoms with E-state index >= 15 is 0 Å². The van der Waals surface area contributed by atoms with Crippen LogP contribution in [0.3, 0.4) is 0 Å². The van der Waals surface area contributed by atoms with E-state index in [9.17, 15) is 4.79 Å². The highest BCUT2D eigenvalue weighted by molar-refractivity contribution is 5.82. The highest BCUT2D eigenvalue weighted by Gasteiger charge is 2.53. The Morgan fingerprint density at radius 2 is 1.75 bits per heavy atom. The second-order valence-corrected chi connectivity index (χ2v) is 11.2. The van der Waals surface area contributed by atoms with Crippen molar-refractivity contribution in [1.29, 1.82) is 0 Å². The Morgan fingerprint density at radius 1 is 1.03 bits per heavy atom. The van der Waals surface area contributed by atoms with Crippen LogP contribution in [-0.2, 0) is 16.6 Å². The zero-order chi connectivity index (χ0) is 24.7. The van der Waals surface area contributed by atoms with Crippen molar-refractivity contribution in [3.8, 4) is 0 Å². The normalized spacial score (nSPS) is 27.7. The summed E-state index contributed by atoms with van der Waals surface area (Å²) in [5.41, 5.74) is 7.48. The summed E-state index contributed by atoms with van der Waals surface area (Å²) in [4.78, 5) is 21.7. The van der Waals surface area contributed by atoms with Gasteiger partial charge < -0.3 is 10.2 Å². The van der Waals surface area contributed by atoms with Gasteiger partial charge in [-0.25, -0.2) is 0 Å². The smallest absolute Gasteiger partial charge is 0.228 e. The second-order valence-electron chi connectivity index (χ2n) is 11.2. The molecule has 2 aromatic carbocycles. The second kappa shape index (κ2) is 9.48. The van der Waals surface area contributed by atoms with Gasteiger partial charge in [0.2, 0.25) is 5.91 Å². The van der Waals surface area contributed by atoms with E-state index < -0.39 is 0 Å². The van der Waals surface area contributed by atoms with Crippen molar-refractivity contribution >= 4 is 5.91 Å². The van der Waals surface area contributed by atoms with Crippen molar-refractivity contribution in [2.45, 2.75) is 63.3 Å². The molecule has 1 amide bonds. The minimum absolute atomic E-state index is 0.0424. The summed E-state index contributed by atoms with van der Waals surface area (Å²) < 4.78 is 0. The van der Waals surface area contributed by atoms with Crippen LogP contribution in [0.25, 0.3) is 0 Å². The summed E-state index contributed by atoms with van der Waals surface area (Å²) >= 11 is 0. The summed E-state index contributed by atoms with van der Waals surface area (Å²) in [6.45, 7) is 6.75. The van der Waals surface area contributed by atoms with E-state index in [1.54, 1.807) is 0 Å². The lowest BCUT2D eigenvalue weighted by Crippen LogP contribution is -2.50. The molecule has 1 aliphatic carbocycles. The molecule has 4 nitrogen and oxygen atoms in total. The minimum atomic E-state index is -0.146. The lowest BCUT2D eigenvalue weighted by Gasteiger charge is -2.45. The van der Waals surface area contributed by atoms with Crippen LogP contribution in [-0.4, -0.2) is 35.4 Å². The largest absolute Gasteiger partial charge is 0.335 e. The minimum Gasteiger partial charge on any atom is -0.335 e. The Kier molecular flexibility index (Phi) is 6.17. The van der Waals surface area contributed by atoms with Crippen molar-refractivity contribution in [1.82, 2.24) is 15.2 Å². The Hall–Kier alpha value is -2.98. The standard InChI is InChI=1S/C32H37N3O/c1-22-18-23(2)34-28-14-9-16-32(30(22)28)21-33-20-27(32)31(36)35-17-15-26(24-10-5-3-6-11-24)19-29(35)25-12-7-4-8-13-25/h3-8,10-13,18,26-27,29,33H,9,14-17,19-21H2,1-2H3/t26-,27+,29+,32-/m1/s1. The van der Waals surface area contributed by atoms with Crippen LogP contribution in [0, 0.1) is 19.8 Å². The molecule has 4 atom stereocenters. The molecule has 0 saturated carbocycles. The van der Waals surface area contributed by atoms with Gasteiger partial charge in [0.25, 0.3) is 0 Å². The monoisotopic (exact) mass is 479 g/mol. The van der Waals surface area contributed by atoms with Crippen molar-refractivity contribution in [3.05, 3.63) is 100 Å². The van der Waals surface area contributed by atoms with E-state index in [1.165, 1.54) is 27.9 Å². The van der Waals surface area contributed by atoms with Crippen LogP contribution >= 0.6 is 0 Å². The summed E-state index contributed by atoms with van der Waals surface area (Å²) in [6, 6.07) is 23.9. The van der Waals surface area contributed by atoms with Crippen molar-refractivity contribution < 1.29 is 4.79 Å². The van der Waals surface area contributed by atoms with Gasteiger partial charge >= 0.3 is 0 Å². The number of hydrogen-bond acceptors (Lipinski definition) is 3. The molecule has 0 unspecified atom stereocenters. The molecule has 2 fully saturated rings. The predicted octanol–water partition coefficient (Wildman–Crippen LogP) is 5.64. The Bertz CT molecular complexity index is 1240. The fraction of sp³-hybridized carbons (Fsp3) is 0.438. The van der Waals surface area contributed by atoms with Crippen molar-refractivity contribution in [2.24, 2.45) is 5.92 Å². The first-order chi connectivity index (χ1) is 17.6. The molecule has 0 radical (unpaired) electrons. The number of amides is 1. The molecular weight excluding hydrogens is 442 g/mol. The van der Waals surface area contributed by atoms with Crippen molar-refractivity contribution in [3.63, 3.8) is 0 Å². The average molecular weight is 480 g/mol. The number of carbonyl (C=O) groups excluding carboxylic acids is 1. The number of aromatic nitrogens is 1. The van der Waals surface area contributed by atoms with Gasteiger partial charge in [0.15, 0.2) is 0 Å². The number of rotatable bonds is 3. The molecule has 1 spiro atoms. The van der Waals surface area contributed by atoms with Gasteiger partial charge in [0.05, 0.1) is 12.0 Å².